The molecule has 4 heteroatoms. The van der Waals surface area contributed by atoms with E-state index in [1.807, 2.05) is 4.68 Å². The zero-order chi connectivity index (χ0) is 10.2. The molecule has 0 aliphatic carbocycles. The molecule has 1 N–H and O–H groups in total. The monoisotopic (exact) mass is 196 g/mol. The summed E-state index contributed by atoms with van der Waals surface area (Å²) in [5, 5.41) is 7.53. The molecule has 0 atom stereocenters. The number of hydrogen-bond acceptors (Lipinski definition) is 3. The van der Waals surface area contributed by atoms with E-state index >= 15 is 0 Å². The van der Waals surface area contributed by atoms with E-state index in [2.05, 4.69) is 29.2 Å². The quantitative estimate of drug-likeness (QED) is 0.673. The van der Waals surface area contributed by atoms with Gasteiger partial charge in [0.25, 0.3) is 0 Å². The van der Waals surface area contributed by atoms with Crippen LogP contribution in [-0.4, -0.2) is 21.3 Å². The van der Waals surface area contributed by atoms with Gasteiger partial charge in [0.1, 0.15) is 12.2 Å². The van der Waals surface area contributed by atoms with Crippen molar-refractivity contribution in [3.63, 3.8) is 0 Å². The standard InChI is InChI=1S/C10H20N4/c1-3-5-6-11-8-10-12-9-13-14(10)7-4-2/h9,11H,3-8H2,1-2H3. The Morgan fingerprint density at radius 2 is 2.21 bits per heavy atom. The zero-order valence-corrected chi connectivity index (χ0v) is 9.16. The van der Waals surface area contributed by atoms with Gasteiger partial charge in [-0.25, -0.2) is 9.67 Å². The van der Waals surface area contributed by atoms with Crippen LogP contribution in [0.25, 0.3) is 0 Å². The highest BCUT2D eigenvalue weighted by Crippen LogP contribution is 1.95. The number of aromatic nitrogens is 3. The van der Waals surface area contributed by atoms with Crippen LogP contribution in [0.3, 0.4) is 0 Å². The minimum Gasteiger partial charge on any atom is -0.310 e. The summed E-state index contributed by atoms with van der Waals surface area (Å²) in [6.07, 6.45) is 5.19. The van der Waals surface area contributed by atoms with E-state index in [9.17, 15) is 0 Å². The first-order valence-corrected chi connectivity index (χ1v) is 5.45. The number of nitrogens with zero attached hydrogens (tertiary/aromatic N) is 3. The first-order chi connectivity index (χ1) is 6.88. The number of nitrogens with one attached hydrogen (secondary N) is 1. The minimum absolute atomic E-state index is 0.833. The first-order valence-electron chi connectivity index (χ1n) is 5.45. The summed E-state index contributed by atoms with van der Waals surface area (Å²) in [5.74, 6) is 1.04. The number of rotatable bonds is 7. The van der Waals surface area contributed by atoms with Gasteiger partial charge in [0.05, 0.1) is 6.54 Å². The van der Waals surface area contributed by atoms with Crippen LogP contribution >= 0.6 is 0 Å². The van der Waals surface area contributed by atoms with Crippen molar-refractivity contribution >= 4 is 0 Å². The van der Waals surface area contributed by atoms with Crippen molar-refractivity contribution in [1.29, 1.82) is 0 Å². The van der Waals surface area contributed by atoms with Gasteiger partial charge >= 0.3 is 0 Å². The summed E-state index contributed by atoms with van der Waals surface area (Å²) in [6.45, 7) is 7.21. The molecular formula is C10H20N4. The van der Waals surface area contributed by atoms with E-state index in [0.29, 0.717) is 0 Å². The zero-order valence-electron chi connectivity index (χ0n) is 9.16. The van der Waals surface area contributed by atoms with Crippen LogP contribution in [0.1, 0.15) is 38.9 Å². The molecular weight excluding hydrogens is 176 g/mol. The molecule has 1 rings (SSSR count). The van der Waals surface area contributed by atoms with E-state index < -0.39 is 0 Å². The maximum atomic E-state index is 4.22. The van der Waals surface area contributed by atoms with Crippen LogP contribution in [0.5, 0.6) is 0 Å². The Bertz CT molecular complexity index is 244. The van der Waals surface area contributed by atoms with Crippen molar-refractivity contribution in [2.45, 2.75) is 46.2 Å². The Hall–Kier alpha value is -0.900. The maximum Gasteiger partial charge on any atom is 0.140 e. The lowest BCUT2D eigenvalue weighted by Gasteiger charge is -2.05. The third kappa shape index (κ3) is 3.46. The predicted octanol–water partition coefficient (Wildman–Crippen LogP) is 1.58. The molecule has 0 aromatic carbocycles. The average molecular weight is 196 g/mol. The van der Waals surface area contributed by atoms with Crippen molar-refractivity contribution in [3.8, 4) is 0 Å². The lowest BCUT2D eigenvalue weighted by molar-refractivity contribution is 0.537. The van der Waals surface area contributed by atoms with Crippen molar-refractivity contribution in [2.24, 2.45) is 0 Å². The molecule has 0 spiro atoms. The smallest absolute Gasteiger partial charge is 0.140 e. The van der Waals surface area contributed by atoms with E-state index in [0.717, 1.165) is 31.9 Å². The molecule has 1 aromatic rings. The van der Waals surface area contributed by atoms with Crippen LogP contribution in [0.4, 0.5) is 0 Å². The molecule has 0 fully saturated rings. The lowest BCUT2D eigenvalue weighted by atomic mass is 10.3. The van der Waals surface area contributed by atoms with Gasteiger partial charge in [-0.3, -0.25) is 0 Å². The summed E-state index contributed by atoms with van der Waals surface area (Å²) in [5.41, 5.74) is 0. The van der Waals surface area contributed by atoms with Crippen molar-refractivity contribution in [1.82, 2.24) is 20.1 Å². The highest BCUT2D eigenvalue weighted by molar-refractivity contribution is 4.83. The summed E-state index contributed by atoms with van der Waals surface area (Å²) in [7, 11) is 0. The van der Waals surface area contributed by atoms with E-state index in [-0.39, 0.29) is 0 Å². The molecule has 80 valence electrons. The van der Waals surface area contributed by atoms with Gasteiger partial charge in [0.2, 0.25) is 0 Å². The summed E-state index contributed by atoms with van der Waals surface area (Å²) < 4.78 is 1.97. The highest BCUT2D eigenvalue weighted by Gasteiger charge is 2.01. The molecule has 0 aliphatic heterocycles. The van der Waals surface area contributed by atoms with Crippen LogP contribution in [0.15, 0.2) is 6.33 Å². The summed E-state index contributed by atoms with van der Waals surface area (Å²) >= 11 is 0. The van der Waals surface area contributed by atoms with Crippen LogP contribution < -0.4 is 5.32 Å². The van der Waals surface area contributed by atoms with E-state index in [1.165, 1.54) is 12.8 Å². The normalized spacial score (nSPS) is 10.7. The average Bonchev–Trinajstić information content (AvgIpc) is 2.61. The minimum atomic E-state index is 0.833. The van der Waals surface area contributed by atoms with Crippen molar-refractivity contribution < 1.29 is 0 Å². The molecule has 0 radical (unpaired) electrons. The highest BCUT2D eigenvalue weighted by atomic mass is 15.3. The first kappa shape index (κ1) is 11.2. The Morgan fingerprint density at radius 3 is 2.93 bits per heavy atom. The Balaban J connectivity index is 2.30. The van der Waals surface area contributed by atoms with Crippen LogP contribution in [-0.2, 0) is 13.1 Å². The molecule has 0 saturated heterocycles. The van der Waals surface area contributed by atoms with Crippen molar-refractivity contribution in [2.75, 3.05) is 6.54 Å². The fourth-order valence-electron chi connectivity index (χ4n) is 1.33. The number of unbranched alkanes of at least 4 members (excludes halogenated alkanes) is 1. The van der Waals surface area contributed by atoms with Gasteiger partial charge in [-0.2, -0.15) is 5.10 Å². The van der Waals surface area contributed by atoms with Crippen LogP contribution in [0.2, 0.25) is 0 Å². The summed E-state index contributed by atoms with van der Waals surface area (Å²) in [4.78, 5) is 4.22. The molecule has 1 aromatic heterocycles. The predicted molar refractivity (Wildman–Crippen MR) is 56.9 cm³/mol. The third-order valence-corrected chi connectivity index (χ3v) is 2.12. The largest absolute Gasteiger partial charge is 0.310 e. The number of hydrogen-bond donors (Lipinski definition) is 1. The second-order valence-electron chi connectivity index (χ2n) is 3.43. The van der Waals surface area contributed by atoms with Crippen molar-refractivity contribution in [3.05, 3.63) is 12.2 Å². The van der Waals surface area contributed by atoms with Gasteiger partial charge in [-0.1, -0.05) is 20.3 Å². The topological polar surface area (TPSA) is 42.7 Å². The second kappa shape index (κ2) is 6.54. The Labute approximate surface area is 85.7 Å². The van der Waals surface area contributed by atoms with Crippen LogP contribution in [0, 0.1) is 0 Å². The van der Waals surface area contributed by atoms with Gasteiger partial charge in [0.15, 0.2) is 0 Å². The fourth-order valence-corrected chi connectivity index (χ4v) is 1.33. The molecule has 1 heterocycles. The molecule has 0 amide bonds. The Morgan fingerprint density at radius 1 is 1.36 bits per heavy atom. The molecule has 0 saturated carbocycles. The molecule has 0 bridgehead atoms. The number of aryl methyl sites for hydroxylation is 1. The van der Waals surface area contributed by atoms with Gasteiger partial charge in [-0.05, 0) is 19.4 Å². The lowest BCUT2D eigenvalue weighted by Crippen LogP contribution is -2.18. The van der Waals surface area contributed by atoms with Gasteiger partial charge in [0, 0.05) is 6.54 Å². The molecule has 4 nitrogen and oxygen atoms in total. The van der Waals surface area contributed by atoms with E-state index in [1.54, 1.807) is 6.33 Å². The Kier molecular flexibility index (Phi) is 5.22. The maximum absolute atomic E-state index is 4.22. The van der Waals surface area contributed by atoms with Gasteiger partial charge < -0.3 is 5.32 Å². The second-order valence-corrected chi connectivity index (χ2v) is 3.43. The fraction of sp³-hybridized carbons (Fsp3) is 0.800. The third-order valence-electron chi connectivity index (χ3n) is 2.12. The molecule has 0 unspecified atom stereocenters. The molecule has 14 heavy (non-hydrogen) atoms. The van der Waals surface area contributed by atoms with Gasteiger partial charge in [-0.15, -0.1) is 0 Å². The van der Waals surface area contributed by atoms with E-state index in [4.69, 9.17) is 0 Å². The summed E-state index contributed by atoms with van der Waals surface area (Å²) in [6, 6.07) is 0. The SMILES string of the molecule is CCCCNCc1ncnn1CCC. The molecule has 0 aliphatic rings.